The number of rotatable bonds is 2. The molecule has 1 heterocycles. The van der Waals surface area contributed by atoms with Crippen LogP contribution >= 0.6 is 0 Å². The molecule has 3 fully saturated rings. The molecule has 2 amide bonds. The molecule has 1 aliphatic heterocycles. The van der Waals surface area contributed by atoms with Gasteiger partial charge in [-0.2, -0.15) is 0 Å². The number of hydrogen-bond donors (Lipinski definition) is 1. The third-order valence-corrected chi connectivity index (χ3v) is 5.76. The summed E-state index contributed by atoms with van der Waals surface area (Å²) in [7, 11) is 1.75. The third kappa shape index (κ3) is 2.39. The highest BCUT2D eigenvalue weighted by Gasteiger charge is 2.53. The van der Waals surface area contributed by atoms with Crippen LogP contribution in [-0.2, 0) is 14.3 Å². The molecule has 3 unspecified atom stereocenters. The summed E-state index contributed by atoms with van der Waals surface area (Å²) in [6.45, 7) is 0. The van der Waals surface area contributed by atoms with Crippen molar-refractivity contribution in [1.29, 1.82) is 0 Å². The lowest BCUT2D eigenvalue weighted by molar-refractivity contribution is -0.151. The van der Waals surface area contributed by atoms with Crippen molar-refractivity contribution in [2.45, 2.75) is 63.9 Å². The second kappa shape index (κ2) is 5.47. The summed E-state index contributed by atoms with van der Waals surface area (Å²) in [5.41, 5.74) is -0.132. The van der Waals surface area contributed by atoms with E-state index < -0.39 is 0 Å². The Labute approximate surface area is 120 Å². The minimum Gasteiger partial charge on any atom is -0.381 e. The van der Waals surface area contributed by atoms with E-state index in [-0.39, 0.29) is 29.3 Å². The summed E-state index contributed by atoms with van der Waals surface area (Å²) in [6, 6.07) is 0. The maximum absolute atomic E-state index is 12.5. The first-order chi connectivity index (χ1) is 9.64. The van der Waals surface area contributed by atoms with Gasteiger partial charge in [0.25, 0.3) is 0 Å². The minimum absolute atomic E-state index is 0.00935. The van der Waals surface area contributed by atoms with Crippen LogP contribution in [0.15, 0.2) is 0 Å². The van der Waals surface area contributed by atoms with Gasteiger partial charge in [0.15, 0.2) is 0 Å². The number of piperidine rings is 1. The van der Waals surface area contributed by atoms with Crippen LogP contribution in [0.1, 0.15) is 57.8 Å². The largest absolute Gasteiger partial charge is 0.381 e. The van der Waals surface area contributed by atoms with Crippen LogP contribution < -0.4 is 5.32 Å². The predicted molar refractivity (Wildman–Crippen MR) is 74.9 cm³/mol. The first-order valence-corrected chi connectivity index (χ1v) is 8.01. The molecule has 4 nitrogen and oxygen atoms in total. The standard InChI is InChI=1S/C16H25NO3/c1-20-12-7-4-8-16(9-12)10-13(18)17-15(19)14(16)11-5-2-3-6-11/h11-12,14H,2-10H2,1H3,(H,17,18,19). The number of carbonyl (C=O) groups excluding carboxylic acids is 2. The average Bonchev–Trinajstić information content (AvgIpc) is 2.91. The van der Waals surface area contributed by atoms with Gasteiger partial charge in [0, 0.05) is 19.4 Å². The Morgan fingerprint density at radius 3 is 2.60 bits per heavy atom. The Kier molecular flexibility index (Phi) is 3.85. The summed E-state index contributed by atoms with van der Waals surface area (Å²) in [4.78, 5) is 24.4. The molecule has 0 aromatic carbocycles. The van der Waals surface area contributed by atoms with Gasteiger partial charge in [-0.25, -0.2) is 0 Å². The summed E-state index contributed by atoms with van der Waals surface area (Å²) in [5, 5.41) is 2.59. The van der Waals surface area contributed by atoms with Gasteiger partial charge in [0.1, 0.15) is 0 Å². The van der Waals surface area contributed by atoms with Crippen molar-refractivity contribution in [2.24, 2.45) is 17.3 Å². The number of carbonyl (C=O) groups is 2. The molecular formula is C16H25NO3. The maximum atomic E-state index is 12.5. The van der Waals surface area contributed by atoms with Gasteiger partial charge < -0.3 is 4.74 Å². The molecule has 0 aromatic heterocycles. The highest BCUT2D eigenvalue weighted by molar-refractivity contribution is 5.99. The molecule has 2 aliphatic carbocycles. The van der Waals surface area contributed by atoms with E-state index in [0.29, 0.717) is 12.3 Å². The number of ether oxygens (including phenoxy) is 1. The number of amides is 2. The van der Waals surface area contributed by atoms with E-state index in [1.165, 1.54) is 12.8 Å². The zero-order chi connectivity index (χ0) is 14.2. The molecule has 3 rings (SSSR count). The normalized spacial score (nSPS) is 39.2. The van der Waals surface area contributed by atoms with Gasteiger partial charge in [-0.05, 0) is 43.4 Å². The number of hydrogen-bond acceptors (Lipinski definition) is 3. The van der Waals surface area contributed by atoms with Crippen molar-refractivity contribution in [3.8, 4) is 0 Å². The lowest BCUT2D eigenvalue weighted by Gasteiger charge is -2.49. The molecule has 112 valence electrons. The molecule has 1 saturated heterocycles. The maximum Gasteiger partial charge on any atom is 0.230 e. The van der Waals surface area contributed by atoms with E-state index >= 15 is 0 Å². The van der Waals surface area contributed by atoms with Gasteiger partial charge in [-0.3, -0.25) is 14.9 Å². The van der Waals surface area contributed by atoms with Crippen LogP contribution in [0.25, 0.3) is 0 Å². The van der Waals surface area contributed by atoms with E-state index in [2.05, 4.69) is 5.32 Å². The fourth-order valence-electron chi connectivity index (χ4n) is 4.96. The van der Waals surface area contributed by atoms with Gasteiger partial charge in [0.05, 0.1) is 6.10 Å². The van der Waals surface area contributed by atoms with Crippen molar-refractivity contribution in [3.05, 3.63) is 0 Å². The molecular weight excluding hydrogens is 254 g/mol. The molecule has 4 heteroatoms. The van der Waals surface area contributed by atoms with Crippen molar-refractivity contribution in [1.82, 2.24) is 5.32 Å². The molecule has 20 heavy (non-hydrogen) atoms. The first kappa shape index (κ1) is 14.1. The minimum atomic E-state index is -0.132. The van der Waals surface area contributed by atoms with Gasteiger partial charge in [-0.15, -0.1) is 0 Å². The summed E-state index contributed by atoms with van der Waals surface area (Å²) >= 11 is 0. The van der Waals surface area contributed by atoms with Crippen LogP contribution in [0.3, 0.4) is 0 Å². The van der Waals surface area contributed by atoms with Crippen LogP contribution in [0, 0.1) is 17.3 Å². The summed E-state index contributed by atoms with van der Waals surface area (Å²) in [6.07, 6.45) is 9.49. The molecule has 2 saturated carbocycles. The SMILES string of the molecule is COC1CCCC2(CC(=O)NC(=O)C2C2CCCC2)C1. The smallest absolute Gasteiger partial charge is 0.230 e. The van der Waals surface area contributed by atoms with E-state index in [9.17, 15) is 9.59 Å². The van der Waals surface area contributed by atoms with Gasteiger partial charge in [0.2, 0.25) is 11.8 Å². The lowest BCUT2D eigenvalue weighted by Crippen LogP contribution is -2.56. The Balaban J connectivity index is 1.89. The van der Waals surface area contributed by atoms with Crippen molar-refractivity contribution >= 4 is 11.8 Å². The van der Waals surface area contributed by atoms with Crippen molar-refractivity contribution in [2.75, 3.05) is 7.11 Å². The van der Waals surface area contributed by atoms with Crippen molar-refractivity contribution in [3.63, 3.8) is 0 Å². The summed E-state index contributed by atoms with van der Waals surface area (Å²) < 4.78 is 5.56. The second-order valence-electron chi connectivity index (χ2n) is 6.93. The molecule has 0 aromatic rings. The summed E-state index contributed by atoms with van der Waals surface area (Å²) in [5.74, 6) is 0.408. The number of nitrogens with one attached hydrogen (secondary N) is 1. The molecule has 1 spiro atoms. The molecule has 1 N–H and O–H groups in total. The quantitative estimate of drug-likeness (QED) is 0.790. The van der Waals surface area contributed by atoms with E-state index in [4.69, 9.17) is 4.74 Å². The highest BCUT2D eigenvalue weighted by atomic mass is 16.5. The van der Waals surface area contributed by atoms with Gasteiger partial charge in [-0.1, -0.05) is 19.3 Å². The Hall–Kier alpha value is -0.900. The van der Waals surface area contributed by atoms with Gasteiger partial charge >= 0.3 is 0 Å². The average molecular weight is 279 g/mol. The molecule has 0 bridgehead atoms. The fourth-order valence-corrected chi connectivity index (χ4v) is 4.96. The van der Waals surface area contributed by atoms with E-state index in [1.54, 1.807) is 7.11 Å². The molecule has 3 aliphatic rings. The molecule has 0 radical (unpaired) electrons. The Morgan fingerprint density at radius 2 is 1.90 bits per heavy atom. The topological polar surface area (TPSA) is 55.4 Å². The Morgan fingerprint density at radius 1 is 1.15 bits per heavy atom. The second-order valence-corrected chi connectivity index (χ2v) is 6.93. The zero-order valence-corrected chi connectivity index (χ0v) is 12.3. The Bertz CT molecular complexity index is 403. The van der Waals surface area contributed by atoms with Crippen LogP contribution in [0.2, 0.25) is 0 Å². The highest BCUT2D eigenvalue weighted by Crippen LogP contribution is 2.53. The predicted octanol–water partition coefficient (Wildman–Crippen LogP) is 2.41. The molecule has 3 atom stereocenters. The van der Waals surface area contributed by atoms with Crippen LogP contribution in [0.4, 0.5) is 0 Å². The van der Waals surface area contributed by atoms with Crippen molar-refractivity contribution < 1.29 is 14.3 Å². The van der Waals surface area contributed by atoms with E-state index in [1.807, 2.05) is 0 Å². The van der Waals surface area contributed by atoms with Crippen LogP contribution in [-0.4, -0.2) is 25.0 Å². The fraction of sp³-hybridized carbons (Fsp3) is 0.875. The third-order valence-electron chi connectivity index (χ3n) is 5.76. The first-order valence-electron chi connectivity index (χ1n) is 8.01. The van der Waals surface area contributed by atoms with E-state index in [0.717, 1.165) is 38.5 Å². The number of methoxy groups -OCH3 is 1. The van der Waals surface area contributed by atoms with Crippen LogP contribution in [0.5, 0.6) is 0 Å². The monoisotopic (exact) mass is 279 g/mol. The lowest BCUT2D eigenvalue weighted by atomic mass is 9.57. The zero-order valence-electron chi connectivity index (χ0n) is 12.3. The number of imide groups is 1.